The average Bonchev–Trinajstić information content (AvgIpc) is 2.95. The Bertz CT molecular complexity index is 934. The Labute approximate surface area is 144 Å². The first-order chi connectivity index (χ1) is 11.0. The highest BCUT2D eigenvalue weighted by Gasteiger charge is 2.18. The van der Waals surface area contributed by atoms with Crippen molar-refractivity contribution in [2.45, 2.75) is 11.8 Å². The van der Waals surface area contributed by atoms with Crippen LogP contribution in [0.2, 0.25) is 5.02 Å². The van der Waals surface area contributed by atoms with Gasteiger partial charge in [0, 0.05) is 15.3 Å². The molecule has 0 spiro atoms. The molecule has 1 heterocycles. The minimum absolute atomic E-state index is 0.231. The minimum atomic E-state index is -3.63. The molecule has 0 atom stereocenters. The van der Waals surface area contributed by atoms with Gasteiger partial charge in [0.1, 0.15) is 0 Å². The minimum Gasteiger partial charge on any atom is -0.279 e. The van der Waals surface area contributed by atoms with Gasteiger partial charge in [-0.1, -0.05) is 41.9 Å². The molecule has 23 heavy (non-hydrogen) atoms. The molecule has 0 radical (unpaired) electrons. The Morgan fingerprint density at radius 3 is 2.48 bits per heavy atom. The Morgan fingerprint density at radius 2 is 1.78 bits per heavy atom. The fourth-order valence-electron chi connectivity index (χ4n) is 2.27. The predicted octanol–water partition coefficient (Wildman–Crippen LogP) is 5.18. The van der Waals surface area contributed by atoms with Crippen molar-refractivity contribution < 1.29 is 8.42 Å². The van der Waals surface area contributed by atoms with E-state index in [0.717, 1.165) is 10.4 Å². The number of sulfonamides is 1. The van der Waals surface area contributed by atoms with Crippen molar-refractivity contribution >= 4 is 38.6 Å². The van der Waals surface area contributed by atoms with Crippen molar-refractivity contribution in [3.05, 3.63) is 70.6 Å². The third-order valence-corrected chi connectivity index (χ3v) is 6.09. The van der Waals surface area contributed by atoms with Gasteiger partial charge in [-0.2, -0.15) is 0 Å². The molecular formula is C17H14ClNO2S2. The second-order valence-electron chi connectivity index (χ2n) is 5.08. The van der Waals surface area contributed by atoms with Gasteiger partial charge >= 0.3 is 0 Å². The standard InChI is InChI=1S/C17H14ClNO2S2/c1-12-9-14(18)7-8-17(12)23(20,21)19-15-10-16(22-11-15)13-5-3-2-4-6-13/h2-11,19H,1H3. The highest BCUT2D eigenvalue weighted by molar-refractivity contribution is 7.92. The lowest BCUT2D eigenvalue weighted by molar-refractivity contribution is 0.600. The summed E-state index contributed by atoms with van der Waals surface area (Å²) in [5.74, 6) is 0. The molecule has 0 aliphatic heterocycles. The van der Waals surface area contributed by atoms with Crippen LogP contribution in [0.4, 0.5) is 5.69 Å². The van der Waals surface area contributed by atoms with Crippen LogP contribution in [0.3, 0.4) is 0 Å². The Balaban J connectivity index is 1.88. The third kappa shape index (κ3) is 3.58. The van der Waals surface area contributed by atoms with Crippen molar-refractivity contribution in [3.63, 3.8) is 0 Å². The van der Waals surface area contributed by atoms with Crippen LogP contribution in [0, 0.1) is 6.92 Å². The van der Waals surface area contributed by atoms with E-state index in [9.17, 15) is 8.42 Å². The number of hydrogen-bond acceptors (Lipinski definition) is 3. The summed E-state index contributed by atoms with van der Waals surface area (Å²) in [5.41, 5.74) is 2.23. The van der Waals surface area contributed by atoms with Crippen molar-refractivity contribution in [1.29, 1.82) is 0 Å². The zero-order chi connectivity index (χ0) is 16.4. The number of anilines is 1. The number of benzene rings is 2. The van der Waals surface area contributed by atoms with E-state index in [1.807, 2.05) is 36.4 Å². The van der Waals surface area contributed by atoms with Crippen LogP contribution in [-0.4, -0.2) is 8.42 Å². The summed E-state index contributed by atoms with van der Waals surface area (Å²) >= 11 is 7.38. The molecule has 2 aromatic carbocycles. The van der Waals surface area contributed by atoms with Crippen molar-refractivity contribution in [2.75, 3.05) is 4.72 Å². The maximum absolute atomic E-state index is 12.5. The van der Waals surface area contributed by atoms with Gasteiger partial charge in [-0.15, -0.1) is 11.3 Å². The maximum Gasteiger partial charge on any atom is 0.262 e. The highest BCUT2D eigenvalue weighted by Crippen LogP contribution is 2.31. The van der Waals surface area contributed by atoms with Gasteiger partial charge in [-0.05, 0) is 42.3 Å². The van der Waals surface area contributed by atoms with Crippen molar-refractivity contribution in [3.8, 4) is 10.4 Å². The van der Waals surface area contributed by atoms with Gasteiger partial charge in [0.05, 0.1) is 10.6 Å². The molecule has 0 aliphatic carbocycles. The number of thiophene rings is 1. The fraction of sp³-hybridized carbons (Fsp3) is 0.0588. The Hall–Kier alpha value is -1.82. The number of halogens is 1. The maximum atomic E-state index is 12.5. The lowest BCUT2D eigenvalue weighted by atomic mass is 10.2. The van der Waals surface area contributed by atoms with Crippen LogP contribution in [0.1, 0.15) is 5.56 Å². The molecule has 0 aliphatic rings. The van der Waals surface area contributed by atoms with Crippen molar-refractivity contribution in [1.82, 2.24) is 0 Å². The van der Waals surface area contributed by atoms with Crippen LogP contribution >= 0.6 is 22.9 Å². The smallest absolute Gasteiger partial charge is 0.262 e. The van der Waals surface area contributed by atoms with E-state index < -0.39 is 10.0 Å². The van der Waals surface area contributed by atoms with Gasteiger partial charge in [-0.3, -0.25) is 4.72 Å². The molecule has 1 N–H and O–H groups in total. The van der Waals surface area contributed by atoms with E-state index in [-0.39, 0.29) is 4.90 Å². The lowest BCUT2D eigenvalue weighted by Crippen LogP contribution is -2.13. The van der Waals surface area contributed by atoms with E-state index in [1.54, 1.807) is 24.4 Å². The topological polar surface area (TPSA) is 46.2 Å². The SMILES string of the molecule is Cc1cc(Cl)ccc1S(=O)(=O)Nc1csc(-c2ccccc2)c1. The summed E-state index contributed by atoms with van der Waals surface area (Å²) < 4.78 is 27.7. The molecule has 0 saturated heterocycles. The van der Waals surface area contributed by atoms with Gasteiger partial charge in [-0.25, -0.2) is 8.42 Å². The molecular weight excluding hydrogens is 350 g/mol. The number of hydrogen-bond donors (Lipinski definition) is 1. The van der Waals surface area contributed by atoms with E-state index in [2.05, 4.69) is 4.72 Å². The number of nitrogens with one attached hydrogen (secondary N) is 1. The zero-order valence-corrected chi connectivity index (χ0v) is 14.7. The molecule has 0 saturated carbocycles. The molecule has 6 heteroatoms. The summed E-state index contributed by atoms with van der Waals surface area (Å²) in [4.78, 5) is 1.24. The molecule has 0 unspecified atom stereocenters. The summed E-state index contributed by atoms with van der Waals surface area (Å²) in [6.07, 6.45) is 0. The zero-order valence-electron chi connectivity index (χ0n) is 12.3. The molecule has 1 aromatic heterocycles. The number of rotatable bonds is 4. The van der Waals surface area contributed by atoms with Crippen LogP contribution in [0.5, 0.6) is 0 Å². The number of aryl methyl sites for hydroxylation is 1. The molecule has 0 fully saturated rings. The second-order valence-corrected chi connectivity index (χ2v) is 8.08. The van der Waals surface area contributed by atoms with E-state index in [4.69, 9.17) is 11.6 Å². The van der Waals surface area contributed by atoms with E-state index in [0.29, 0.717) is 16.3 Å². The largest absolute Gasteiger partial charge is 0.279 e. The van der Waals surface area contributed by atoms with Gasteiger partial charge < -0.3 is 0 Å². The third-order valence-electron chi connectivity index (χ3n) is 3.34. The molecule has 118 valence electrons. The second kappa shape index (κ2) is 6.35. The van der Waals surface area contributed by atoms with Gasteiger partial charge in [0.25, 0.3) is 10.0 Å². The van der Waals surface area contributed by atoms with Crippen molar-refractivity contribution in [2.24, 2.45) is 0 Å². The molecule has 3 rings (SSSR count). The summed E-state index contributed by atoms with van der Waals surface area (Å²) in [7, 11) is -3.63. The first-order valence-electron chi connectivity index (χ1n) is 6.89. The first-order valence-corrected chi connectivity index (χ1v) is 9.63. The quantitative estimate of drug-likeness (QED) is 0.694. The highest BCUT2D eigenvalue weighted by atomic mass is 35.5. The van der Waals surface area contributed by atoms with Crippen LogP contribution in [0.15, 0.2) is 64.9 Å². The van der Waals surface area contributed by atoms with Gasteiger partial charge in [0.2, 0.25) is 0 Å². The molecule has 0 amide bonds. The van der Waals surface area contributed by atoms with E-state index >= 15 is 0 Å². The average molecular weight is 364 g/mol. The normalized spacial score (nSPS) is 11.4. The molecule has 0 bridgehead atoms. The summed E-state index contributed by atoms with van der Waals surface area (Å²) in [5, 5.41) is 2.31. The lowest BCUT2D eigenvalue weighted by Gasteiger charge is -2.09. The van der Waals surface area contributed by atoms with Crippen LogP contribution in [0.25, 0.3) is 10.4 Å². The molecule has 3 nitrogen and oxygen atoms in total. The van der Waals surface area contributed by atoms with E-state index in [1.165, 1.54) is 17.4 Å². The van der Waals surface area contributed by atoms with Gasteiger partial charge in [0.15, 0.2) is 0 Å². The monoisotopic (exact) mass is 363 g/mol. The summed E-state index contributed by atoms with van der Waals surface area (Å²) in [6, 6.07) is 16.4. The van der Waals surface area contributed by atoms with Crippen LogP contribution in [-0.2, 0) is 10.0 Å². The first kappa shape index (κ1) is 16.1. The van der Waals surface area contributed by atoms with Crippen LogP contribution < -0.4 is 4.72 Å². The predicted molar refractivity (Wildman–Crippen MR) is 96.8 cm³/mol. The Kier molecular flexibility index (Phi) is 4.43. The fourth-order valence-corrected chi connectivity index (χ4v) is 4.69. The molecule has 3 aromatic rings. The Morgan fingerprint density at radius 1 is 1.04 bits per heavy atom. The summed E-state index contributed by atoms with van der Waals surface area (Å²) in [6.45, 7) is 1.73.